The highest BCUT2D eigenvalue weighted by atomic mass is 16.6. The largest absolute Gasteiger partial charge is 0.465 e. The van der Waals surface area contributed by atoms with E-state index in [4.69, 9.17) is 24.2 Å². The van der Waals surface area contributed by atoms with Crippen LogP contribution in [0.25, 0.3) is 22.1 Å². The maximum Gasteiger partial charge on any atom is 0.410 e. The zero-order valence-corrected chi connectivity index (χ0v) is 31.4. The van der Waals surface area contributed by atoms with Gasteiger partial charge in [-0.1, -0.05) is 72.5 Å². The van der Waals surface area contributed by atoms with Gasteiger partial charge in [0.05, 0.1) is 53.4 Å². The molecule has 3 N–H and O–H groups in total. The van der Waals surface area contributed by atoms with Gasteiger partial charge in [-0.25, -0.2) is 19.6 Å². The molecular weight excluding hydrogens is 709 g/mol. The van der Waals surface area contributed by atoms with E-state index in [2.05, 4.69) is 21.8 Å². The average Bonchev–Trinajstić information content (AvgIpc) is 4.01. The number of aromatic nitrogens is 4. The van der Waals surface area contributed by atoms with Crippen LogP contribution in [0.3, 0.4) is 0 Å². The van der Waals surface area contributed by atoms with E-state index in [1.807, 2.05) is 111 Å². The van der Waals surface area contributed by atoms with Gasteiger partial charge in [-0.05, 0) is 61.4 Å². The van der Waals surface area contributed by atoms with Crippen LogP contribution in [0, 0.1) is 11.8 Å². The number of aromatic amines is 2. The monoisotopic (exact) mass is 752 g/mol. The van der Waals surface area contributed by atoms with Crippen molar-refractivity contribution in [2.45, 2.75) is 63.5 Å². The van der Waals surface area contributed by atoms with Gasteiger partial charge in [0, 0.05) is 43.6 Å². The van der Waals surface area contributed by atoms with Crippen LogP contribution in [0.1, 0.15) is 66.6 Å². The van der Waals surface area contributed by atoms with Crippen LogP contribution >= 0.6 is 0 Å². The van der Waals surface area contributed by atoms with E-state index in [-0.39, 0.29) is 31.4 Å². The Morgan fingerprint density at radius 1 is 0.804 bits per heavy atom. The predicted molar refractivity (Wildman–Crippen MR) is 211 cm³/mol. The summed E-state index contributed by atoms with van der Waals surface area (Å²) >= 11 is 0. The summed E-state index contributed by atoms with van der Waals surface area (Å²) in [6.45, 7) is 5.79. The first-order valence-corrected chi connectivity index (χ1v) is 19.1. The Labute approximate surface area is 324 Å². The van der Waals surface area contributed by atoms with Gasteiger partial charge in [-0.3, -0.25) is 9.80 Å². The number of hydrogen-bond donors (Lipinski definition) is 3. The number of carbonyl (C=O) groups excluding carboxylic acids is 1. The molecular formula is C44H44N6O6. The molecule has 8 rings (SSSR count). The first-order valence-electron chi connectivity index (χ1n) is 19.1. The number of rotatable bonds is 10. The van der Waals surface area contributed by atoms with Crippen LogP contribution in [0.2, 0.25) is 0 Å². The number of fused-ring (bicyclic) bond motifs is 2. The fourth-order valence-corrected chi connectivity index (χ4v) is 8.08. The minimum Gasteiger partial charge on any atom is -0.465 e. The van der Waals surface area contributed by atoms with Crippen molar-refractivity contribution in [3.8, 4) is 11.8 Å². The first-order chi connectivity index (χ1) is 27.3. The fourth-order valence-electron chi connectivity index (χ4n) is 8.08. The highest BCUT2D eigenvalue weighted by Crippen LogP contribution is 2.42. The summed E-state index contributed by atoms with van der Waals surface area (Å²) in [6.07, 6.45) is -0.238. The predicted octanol–water partition coefficient (Wildman–Crippen LogP) is 7.55. The van der Waals surface area contributed by atoms with Gasteiger partial charge in [0.2, 0.25) is 0 Å². The van der Waals surface area contributed by atoms with Crippen molar-refractivity contribution in [1.82, 2.24) is 29.7 Å². The Morgan fingerprint density at radius 2 is 1.50 bits per heavy atom. The number of hydrogen-bond acceptors (Lipinski definition) is 7. The zero-order valence-electron chi connectivity index (χ0n) is 31.4. The molecule has 0 unspecified atom stereocenters. The van der Waals surface area contributed by atoms with Crippen molar-refractivity contribution < 1.29 is 28.9 Å². The highest BCUT2D eigenvalue weighted by Gasteiger charge is 2.52. The summed E-state index contributed by atoms with van der Waals surface area (Å²) in [6, 6.07) is 30.8. The summed E-state index contributed by atoms with van der Waals surface area (Å²) in [5.41, 5.74) is 5.64. The van der Waals surface area contributed by atoms with Crippen molar-refractivity contribution in [2.75, 3.05) is 26.3 Å². The van der Waals surface area contributed by atoms with E-state index in [1.165, 1.54) is 4.90 Å². The third-order valence-corrected chi connectivity index (χ3v) is 10.6. The lowest BCUT2D eigenvalue weighted by molar-refractivity contribution is 0.0610. The number of nitrogens with one attached hydrogen (secondary N) is 2. The Balaban J connectivity index is 1.04. The molecule has 2 saturated heterocycles. The first kappa shape index (κ1) is 36.8. The Hall–Kier alpha value is -6.16. The number of likely N-dealkylation sites (tertiary alicyclic amines) is 2. The zero-order chi connectivity index (χ0) is 38.6. The van der Waals surface area contributed by atoms with E-state index in [0.29, 0.717) is 56.2 Å². The Kier molecular flexibility index (Phi) is 10.4. The van der Waals surface area contributed by atoms with Crippen LogP contribution < -0.4 is 0 Å². The molecule has 2 aliphatic rings. The minimum absolute atomic E-state index is 0.123. The second-order valence-electron chi connectivity index (χ2n) is 14.3. The van der Waals surface area contributed by atoms with Gasteiger partial charge in [0.15, 0.2) is 0 Å². The van der Waals surface area contributed by atoms with Crippen LogP contribution in [-0.4, -0.2) is 85.5 Å². The quantitative estimate of drug-likeness (QED) is 0.122. The van der Waals surface area contributed by atoms with E-state index in [1.54, 1.807) is 4.90 Å². The van der Waals surface area contributed by atoms with Gasteiger partial charge in [0.1, 0.15) is 23.8 Å². The summed E-state index contributed by atoms with van der Waals surface area (Å²) in [4.78, 5) is 46.0. The number of nitrogens with zero attached hydrogens (tertiary/aromatic N) is 4. The molecule has 2 aromatic heterocycles. The highest BCUT2D eigenvalue weighted by molar-refractivity contribution is 5.79. The molecule has 0 bridgehead atoms. The van der Waals surface area contributed by atoms with Crippen LogP contribution in [0.5, 0.6) is 0 Å². The van der Waals surface area contributed by atoms with E-state index >= 15 is 0 Å². The van der Waals surface area contributed by atoms with Crippen LogP contribution in [0.15, 0.2) is 97.1 Å². The summed E-state index contributed by atoms with van der Waals surface area (Å²) in [5.74, 6) is 7.82. The summed E-state index contributed by atoms with van der Waals surface area (Å²) < 4.78 is 17.6. The van der Waals surface area contributed by atoms with Gasteiger partial charge in [-0.15, -0.1) is 0 Å². The molecule has 2 aliphatic heterocycles. The maximum atomic E-state index is 13.3. The lowest BCUT2D eigenvalue weighted by Gasteiger charge is -2.35. The standard InChI is InChI=1S/C44H44N6O6/c1-3-54-33-23-39(49(26-33)43(53)56-28-32-13-9-6-10-14-32)40-45-35-19-17-29(21-37(35)46-40)15-16-30-18-20-36-38(22-30)48-41(47-36)44(24-31-11-7-5-8-12-31)25-34(55-4-2)27-50(44)42(51)52/h5-14,17-22,33-34,39H,3-4,23-28H2,1-2H3,(H,45,46)(H,47,48)(H,51,52)/t33-,34-,39+,44+/m1/s1. The second kappa shape index (κ2) is 15.9. The van der Waals surface area contributed by atoms with Crippen molar-refractivity contribution in [3.05, 3.63) is 131 Å². The SMILES string of the molecule is CCO[C@@H]1C[C@@H](c2nc3ccc(C#Cc4ccc5[nH]c([C@]6(Cc7ccccc7)C[C@@H](OCC)CN6C(=O)O)nc5c4)cc3[nH]2)N(C(=O)OCc2ccccc2)C1. The minimum atomic E-state index is -1.01. The number of H-pyrrole nitrogens is 2. The molecule has 12 nitrogen and oxygen atoms in total. The molecule has 6 aromatic rings. The smallest absolute Gasteiger partial charge is 0.410 e. The van der Waals surface area contributed by atoms with E-state index in [9.17, 15) is 14.7 Å². The van der Waals surface area contributed by atoms with Crippen LogP contribution in [-0.2, 0) is 32.8 Å². The number of benzene rings is 4. The van der Waals surface area contributed by atoms with Crippen molar-refractivity contribution in [1.29, 1.82) is 0 Å². The number of carbonyl (C=O) groups is 2. The molecule has 2 amide bonds. The van der Waals surface area contributed by atoms with Gasteiger partial charge in [-0.2, -0.15) is 0 Å². The van der Waals surface area contributed by atoms with Crippen LogP contribution in [0.4, 0.5) is 9.59 Å². The lowest BCUT2D eigenvalue weighted by atomic mass is 9.86. The number of ether oxygens (including phenoxy) is 3. The molecule has 4 atom stereocenters. The number of imidazole rings is 2. The van der Waals surface area contributed by atoms with Crippen molar-refractivity contribution in [2.24, 2.45) is 0 Å². The second-order valence-corrected chi connectivity index (χ2v) is 14.3. The molecule has 56 heavy (non-hydrogen) atoms. The van der Waals surface area contributed by atoms with Crippen molar-refractivity contribution >= 4 is 34.3 Å². The molecule has 0 spiro atoms. The lowest BCUT2D eigenvalue weighted by Crippen LogP contribution is -2.46. The van der Waals surface area contributed by atoms with Gasteiger partial charge >= 0.3 is 12.2 Å². The molecule has 4 heterocycles. The molecule has 0 aliphatic carbocycles. The molecule has 12 heteroatoms. The molecule has 4 aromatic carbocycles. The maximum absolute atomic E-state index is 13.3. The third kappa shape index (κ3) is 7.56. The topological polar surface area (TPSA) is 146 Å². The van der Waals surface area contributed by atoms with E-state index in [0.717, 1.165) is 38.8 Å². The normalized spacial score (nSPS) is 20.7. The Morgan fingerprint density at radius 3 is 2.23 bits per heavy atom. The average molecular weight is 753 g/mol. The van der Waals surface area contributed by atoms with E-state index < -0.39 is 17.7 Å². The molecule has 2 fully saturated rings. The third-order valence-electron chi connectivity index (χ3n) is 10.6. The fraction of sp³-hybridized carbons (Fsp3) is 0.318. The molecule has 0 radical (unpaired) electrons. The summed E-state index contributed by atoms with van der Waals surface area (Å²) in [5, 5.41) is 10.4. The van der Waals surface area contributed by atoms with Crippen molar-refractivity contribution in [3.63, 3.8) is 0 Å². The Bertz CT molecular complexity index is 2400. The number of carboxylic acid groups (broad SMARTS) is 1. The molecule has 0 saturated carbocycles. The number of amides is 2. The van der Waals surface area contributed by atoms with Gasteiger partial charge in [0.25, 0.3) is 0 Å². The molecule has 286 valence electrons. The van der Waals surface area contributed by atoms with Gasteiger partial charge < -0.3 is 29.3 Å². The summed E-state index contributed by atoms with van der Waals surface area (Å²) in [7, 11) is 0.